The number of carbonyl (C=O) groups is 2. The SMILES string of the molecule is COC(=O)c1cnn(C)c1N=Nc1c(C)nn(C2NC(OC)NC(n3nc(C)c(N=Nc4c(C(=O)OC)cnn4C)c3N)N2)c1N. The Kier molecular flexibility index (Phi) is 8.86. The predicted molar refractivity (Wildman–Crippen MR) is 158 cm³/mol. The molecule has 0 bridgehead atoms. The second-order valence-electron chi connectivity index (χ2n) is 9.84. The van der Waals surface area contributed by atoms with Gasteiger partial charge in [0.15, 0.2) is 53.6 Å². The summed E-state index contributed by atoms with van der Waals surface area (Å²) in [6, 6.07) is 0. The molecule has 7 N–H and O–H groups in total. The number of nitrogen functional groups attached to an aromatic ring is 2. The van der Waals surface area contributed by atoms with Gasteiger partial charge in [0.25, 0.3) is 0 Å². The molecule has 0 spiro atoms. The van der Waals surface area contributed by atoms with Crippen LogP contribution in [0, 0.1) is 13.8 Å². The smallest absolute Gasteiger partial charge is 0.343 e. The first-order valence-corrected chi connectivity index (χ1v) is 13.5. The van der Waals surface area contributed by atoms with Crippen molar-refractivity contribution >= 4 is 46.6 Å². The first-order chi connectivity index (χ1) is 22.0. The van der Waals surface area contributed by atoms with Crippen LogP contribution in [0.4, 0.5) is 34.6 Å². The van der Waals surface area contributed by atoms with Crippen LogP contribution in [-0.4, -0.2) is 78.7 Å². The highest BCUT2D eigenvalue weighted by Gasteiger charge is 2.33. The zero-order valence-electron chi connectivity index (χ0n) is 25.9. The number of hydrogen-bond acceptors (Lipinski definition) is 18. The molecule has 1 fully saturated rings. The lowest BCUT2D eigenvalue weighted by molar-refractivity contribution is -0.0439. The fourth-order valence-electron chi connectivity index (χ4n) is 4.56. The Morgan fingerprint density at radius 3 is 1.52 bits per heavy atom. The van der Waals surface area contributed by atoms with Crippen molar-refractivity contribution in [3.05, 3.63) is 34.9 Å². The molecule has 0 saturated carbocycles. The Bertz CT molecular complexity index is 1700. The number of nitrogens with zero attached hydrogens (tertiary/aromatic N) is 12. The first kappa shape index (κ1) is 31.8. The number of hydrogen-bond donors (Lipinski definition) is 5. The molecule has 0 radical (unpaired) electrons. The minimum Gasteiger partial charge on any atom is -0.465 e. The van der Waals surface area contributed by atoms with E-state index in [2.05, 4.69) is 56.8 Å². The third kappa shape index (κ3) is 5.79. The number of esters is 2. The highest BCUT2D eigenvalue weighted by Crippen LogP contribution is 2.34. The van der Waals surface area contributed by atoms with Gasteiger partial charge in [-0.15, -0.1) is 20.5 Å². The minimum atomic E-state index is -0.757. The molecule has 5 rings (SSSR count). The Morgan fingerprint density at radius 1 is 0.739 bits per heavy atom. The highest BCUT2D eigenvalue weighted by atomic mass is 16.5. The molecule has 4 aromatic heterocycles. The number of nitrogens with one attached hydrogen (secondary N) is 3. The van der Waals surface area contributed by atoms with Crippen molar-refractivity contribution in [3.63, 3.8) is 0 Å². The zero-order chi connectivity index (χ0) is 33.3. The molecule has 0 aromatic carbocycles. The molecular weight excluding hydrogens is 606 g/mol. The molecule has 22 nitrogen and oxygen atoms in total. The van der Waals surface area contributed by atoms with E-state index in [1.165, 1.54) is 52.5 Å². The second kappa shape index (κ2) is 12.8. The number of azo groups is 2. The van der Waals surface area contributed by atoms with Gasteiger partial charge in [0.1, 0.15) is 11.1 Å². The van der Waals surface area contributed by atoms with Crippen molar-refractivity contribution in [1.82, 2.24) is 55.1 Å². The lowest BCUT2D eigenvalue weighted by atomic mass is 10.3. The molecule has 2 unspecified atom stereocenters. The van der Waals surface area contributed by atoms with E-state index < -0.39 is 30.9 Å². The molecular formula is C24H33N17O5. The summed E-state index contributed by atoms with van der Waals surface area (Å²) in [7, 11) is 7.24. The molecule has 46 heavy (non-hydrogen) atoms. The Morgan fingerprint density at radius 2 is 1.15 bits per heavy atom. The van der Waals surface area contributed by atoms with Gasteiger partial charge in [-0.3, -0.25) is 0 Å². The van der Waals surface area contributed by atoms with Crippen LogP contribution in [0.15, 0.2) is 32.9 Å². The number of aromatic nitrogens is 8. The van der Waals surface area contributed by atoms with E-state index in [0.717, 1.165) is 0 Å². The summed E-state index contributed by atoms with van der Waals surface area (Å²) in [5, 5.41) is 43.7. The third-order valence-corrected chi connectivity index (χ3v) is 6.95. The lowest BCUT2D eigenvalue weighted by Crippen LogP contribution is -2.63. The van der Waals surface area contributed by atoms with E-state index in [1.807, 2.05) is 0 Å². The van der Waals surface area contributed by atoms with Gasteiger partial charge < -0.3 is 25.7 Å². The number of rotatable bonds is 9. The second-order valence-corrected chi connectivity index (χ2v) is 9.84. The van der Waals surface area contributed by atoms with Gasteiger partial charge in [0.2, 0.25) is 0 Å². The standard InChI is InChI=1S/C24H33N17O5/c1-10-14(32-34-18-12(20(42)44-5)8-27-38(18)3)16(25)40(36-10)22-29-23(31-24(30-22)46-7)41-17(26)15(11(2)37-41)33-35-19-13(21(43)45-6)9-28-39(19)4/h8-9,22-24,29-31H,25-26H2,1-7H3. The van der Waals surface area contributed by atoms with Crippen LogP contribution < -0.4 is 27.4 Å². The van der Waals surface area contributed by atoms with Crippen molar-refractivity contribution in [2.45, 2.75) is 32.8 Å². The quantitative estimate of drug-likeness (QED) is 0.127. The molecule has 2 atom stereocenters. The monoisotopic (exact) mass is 639 g/mol. The molecule has 4 aromatic rings. The summed E-state index contributed by atoms with van der Waals surface area (Å²) in [6.07, 6.45) is 0.441. The molecule has 5 heterocycles. The Labute approximate surface area is 260 Å². The van der Waals surface area contributed by atoms with Crippen LogP contribution in [0.3, 0.4) is 0 Å². The Balaban J connectivity index is 1.43. The van der Waals surface area contributed by atoms with Gasteiger partial charge in [0.05, 0.1) is 38.0 Å². The molecule has 22 heteroatoms. The van der Waals surface area contributed by atoms with Crippen LogP contribution in [-0.2, 0) is 28.3 Å². The van der Waals surface area contributed by atoms with Gasteiger partial charge in [-0.1, -0.05) is 0 Å². The maximum absolute atomic E-state index is 12.1. The average Bonchev–Trinajstić information content (AvgIpc) is 3.77. The predicted octanol–water partition coefficient (Wildman–Crippen LogP) is 1.06. The number of carbonyl (C=O) groups excluding carboxylic acids is 2. The van der Waals surface area contributed by atoms with E-state index in [0.29, 0.717) is 11.4 Å². The van der Waals surface area contributed by atoms with Crippen LogP contribution in [0.5, 0.6) is 0 Å². The van der Waals surface area contributed by atoms with Crippen molar-refractivity contribution in [1.29, 1.82) is 0 Å². The summed E-state index contributed by atoms with van der Waals surface area (Å²) in [5.41, 5.74) is 14.7. The van der Waals surface area contributed by atoms with E-state index in [-0.39, 0.29) is 45.8 Å². The summed E-state index contributed by atoms with van der Waals surface area (Å²) in [4.78, 5) is 24.2. The van der Waals surface area contributed by atoms with Gasteiger partial charge >= 0.3 is 11.9 Å². The molecule has 1 aliphatic heterocycles. The summed E-state index contributed by atoms with van der Waals surface area (Å²) in [6.45, 7) is 3.41. The first-order valence-electron chi connectivity index (χ1n) is 13.5. The molecule has 244 valence electrons. The highest BCUT2D eigenvalue weighted by molar-refractivity contribution is 5.94. The van der Waals surface area contributed by atoms with Gasteiger partial charge in [-0.25, -0.2) is 44.3 Å². The molecule has 0 amide bonds. The fraction of sp³-hybridized carbons (Fsp3) is 0.417. The summed E-state index contributed by atoms with van der Waals surface area (Å²) < 4.78 is 20.8. The third-order valence-electron chi connectivity index (χ3n) is 6.95. The number of nitrogens with two attached hydrogens (primary N) is 2. The van der Waals surface area contributed by atoms with Gasteiger partial charge in [-0.2, -0.15) is 20.4 Å². The average molecular weight is 640 g/mol. The van der Waals surface area contributed by atoms with Gasteiger partial charge in [-0.05, 0) is 13.8 Å². The molecule has 1 aliphatic rings. The summed E-state index contributed by atoms with van der Waals surface area (Å²) >= 11 is 0. The summed E-state index contributed by atoms with van der Waals surface area (Å²) in [5.74, 6) is -0.553. The Hall–Kier alpha value is -5.58. The van der Waals surface area contributed by atoms with Crippen molar-refractivity contribution in [2.24, 2.45) is 34.6 Å². The zero-order valence-corrected chi connectivity index (χ0v) is 25.9. The van der Waals surface area contributed by atoms with Crippen LogP contribution in [0.1, 0.15) is 44.7 Å². The lowest BCUT2D eigenvalue weighted by Gasteiger charge is -2.38. The van der Waals surface area contributed by atoms with Crippen LogP contribution >= 0.6 is 0 Å². The topological polar surface area (TPSA) is 271 Å². The van der Waals surface area contributed by atoms with Crippen molar-refractivity contribution in [2.75, 3.05) is 32.8 Å². The number of ether oxygens (including phenoxy) is 3. The fourth-order valence-corrected chi connectivity index (χ4v) is 4.56. The normalized spacial score (nSPS) is 18.5. The minimum absolute atomic E-state index is 0.139. The molecule has 0 aliphatic carbocycles. The maximum atomic E-state index is 12.1. The van der Waals surface area contributed by atoms with Crippen LogP contribution in [0.25, 0.3) is 0 Å². The van der Waals surface area contributed by atoms with E-state index in [1.54, 1.807) is 27.9 Å². The largest absolute Gasteiger partial charge is 0.465 e. The number of methoxy groups -OCH3 is 3. The van der Waals surface area contributed by atoms with Crippen LogP contribution in [0.2, 0.25) is 0 Å². The number of anilines is 2. The van der Waals surface area contributed by atoms with E-state index in [9.17, 15) is 9.59 Å². The van der Waals surface area contributed by atoms with E-state index >= 15 is 0 Å². The van der Waals surface area contributed by atoms with Crippen molar-refractivity contribution < 1.29 is 23.8 Å². The maximum Gasteiger partial charge on any atom is 0.343 e. The molecule has 1 saturated heterocycles. The van der Waals surface area contributed by atoms with Crippen molar-refractivity contribution in [3.8, 4) is 0 Å². The van der Waals surface area contributed by atoms with E-state index in [4.69, 9.17) is 25.7 Å². The number of aryl methyl sites for hydroxylation is 4. The van der Waals surface area contributed by atoms with Gasteiger partial charge in [0, 0.05) is 21.2 Å².